The van der Waals surface area contributed by atoms with Gasteiger partial charge in [0.05, 0.1) is 5.56 Å². The molecule has 1 aliphatic heterocycles. The van der Waals surface area contributed by atoms with Gasteiger partial charge in [-0.2, -0.15) is 0 Å². The molecule has 1 aliphatic rings. The first-order valence-electron chi connectivity index (χ1n) is 5.44. The molecule has 0 fully saturated rings. The maximum atomic E-state index is 12.1. The molecule has 0 aliphatic carbocycles. The predicted molar refractivity (Wildman–Crippen MR) is 67.5 cm³/mol. The number of rotatable bonds is 2. The Kier molecular flexibility index (Phi) is 2.85. The minimum absolute atomic E-state index is 0.243. The van der Waals surface area contributed by atoms with Crippen LogP contribution in [0.4, 0.5) is 5.13 Å². The fourth-order valence-corrected chi connectivity index (χ4v) is 2.23. The van der Waals surface area contributed by atoms with Crippen LogP contribution in [-0.4, -0.2) is 24.1 Å². The molecule has 2 aromatic rings. The smallest absolute Gasteiger partial charge is 0.261 e. The largest absolute Gasteiger partial charge is 0.486 e. The molecule has 0 bridgehead atoms. The number of nitrogens with one attached hydrogen (secondary N) is 1. The Balaban J connectivity index is 1.89. The van der Waals surface area contributed by atoms with Crippen LogP contribution in [-0.2, 0) is 0 Å². The van der Waals surface area contributed by atoms with Crippen LogP contribution in [0, 0.1) is 0 Å². The van der Waals surface area contributed by atoms with Crippen LogP contribution in [0.2, 0.25) is 0 Å². The summed E-state index contributed by atoms with van der Waals surface area (Å²) in [6.45, 7) is 0.957. The van der Waals surface area contributed by atoms with E-state index in [2.05, 4.69) is 10.3 Å². The van der Waals surface area contributed by atoms with E-state index < -0.39 is 0 Å². The second-order valence-corrected chi connectivity index (χ2v) is 4.52. The Morgan fingerprint density at radius 1 is 1.33 bits per heavy atom. The number of anilines is 1. The summed E-state index contributed by atoms with van der Waals surface area (Å²) in [4.78, 5) is 16.1. The van der Waals surface area contributed by atoms with Crippen LogP contribution >= 0.6 is 11.3 Å². The van der Waals surface area contributed by atoms with Crippen molar-refractivity contribution < 1.29 is 14.3 Å². The first-order valence-corrected chi connectivity index (χ1v) is 6.32. The van der Waals surface area contributed by atoms with Crippen molar-refractivity contribution in [3.05, 3.63) is 35.3 Å². The maximum Gasteiger partial charge on any atom is 0.261 e. The van der Waals surface area contributed by atoms with Crippen LogP contribution in [0.1, 0.15) is 10.4 Å². The van der Waals surface area contributed by atoms with Crippen molar-refractivity contribution in [2.75, 3.05) is 18.5 Å². The summed E-state index contributed by atoms with van der Waals surface area (Å²) in [5.41, 5.74) is 0.461. The highest BCUT2D eigenvalue weighted by molar-refractivity contribution is 7.13. The predicted octanol–water partition coefficient (Wildman–Crippen LogP) is 2.17. The number of amides is 1. The van der Waals surface area contributed by atoms with E-state index in [0.717, 1.165) is 0 Å². The van der Waals surface area contributed by atoms with Crippen molar-refractivity contribution in [3.8, 4) is 11.5 Å². The number of carbonyl (C=O) groups excluding carboxylic acids is 1. The van der Waals surface area contributed by atoms with Crippen LogP contribution in [0.5, 0.6) is 11.5 Å². The van der Waals surface area contributed by atoms with Crippen molar-refractivity contribution in [3.63, 3.8) is 0 Å². The van der Waals surface area contributed by atoms with Crippen molar-refractivity contribution in [1.29, 1.82) is 0 Å². The summed E-state index contributed by atoms with van der Waals surface area (Å²) < 4.78 is 10.9. The van der Waals surface area contributed by atoms with Gasteiger partial charge in [0.15, 0.2) is 16.6 Å². The van der Waals surface area contributed by atoms with E-state index in [-0.39, 0.29) is 5.91 Å². The highest BCUT2D eigenvalue weighted by Crippen LogP contribution is 2.33. The normalized spacial score (nSPS) is 13.1. The number of aromatic nitrogens is 1. The molecule has 0 atom stereocenters. The number of benzene rings is 1. The highest BCUT2D eigenvalue weighted by Gasteiger charge is 2.20. The topological polar surface area (TPSA) is 60.5 Å². The maximum absolute atomic E-state index is 12.1. The Morgan fingerprint density at radius 3 is 3.06 bits per heavy atom. The standard InChI is InChI=1S/C12H10N2O3S/c15-11(14-12-13-4-7-18-12)8-2-1-3-9-10(8)17-6-5-16-9/h1-4,7H,5-6H2,(H,13,14,15). The van der Waals surface area contributed by atoms with Gasteiger partial charge in [-0.25, -0.2) is 4.98 Å². The molecule has 0 radical (unpaired) electrons. The molecule has 18 heavy (non-hydrogen) atoms. The van der Waals surface area contributed by atoms with Gasteiger partial charge in [0.1, 0.15) is 13.2 Å². The molecule has 1 aromatic heterocycles. The zero-order valence-corrected chi connectivity index (χ0v) is 10.2. The number of ether oxygens (including phenoxy) is 2. The quantitative estimate of drug-likeness (QED) is 0.901. The molecule has 6 heteroatoms. The van der Waals surface area contributed by atoms with Crippen LogP contribution in [0.25, 0.3) is 0 Å². The lowest BCUT2D eigenvalue weighted by Crippen LogP contribution is -2.20. The summed E-state index contributed by atoms with van der Waals surface area (Å²) >= 11 is 1.37. The van der Waals surface area contributed by atoms with E-state index in [9.17, 15) is 4.79 Å². The van der Waals surface area contributed by atoms with E-state index >= 15 is 0 Å². The van der Waals surface area contributed by atoms with Crippen molar-refractivity contribution >= 4 is 22.4 Å². The van der Waals surface area contributed by atoms with E-state index in [0.29, 0.717) is 35.4 Å². The second kappa shape index (κ2) is 4.66. The molecular formula is C12H10N2O3S. The van der Waals surface area contributed by atoms with Gasteiger partial charge in [-0.1, -0.05) is 6.07 Å². The zero-order chi connectivity index (χ0) is 12.4. The van der Waals surface area contributed by atoms with E-state index in [1.165, 1.54) is 11.3 Å². The Morgan fingerprint density at radius 2 is 2.22 bits per heavy atom. The lowest BCUT2D eigenvalue weighted by atomic mass is 10.1. The Bertz CT molecular complexity index is 569. The van der Waals surface area contributed by atoms with Gasteiger partial charge in [-0.05, 0) is 12.1 Å². The average Bonchev–Trinajstić information content (AvgIpc) is 2.91. The van der Waals surface area contributed by atoms with E-state index in [1.54, 1.807) is 29.8 Å². The fourth-order valence-electron chi connectivity index (χ4n) is 1.70. The monoisotopic (exact) mass is 262 g/mol. The molecule has 2 heterocycles. The zero-order valence-electron chi connectivity index (χ0n) is 9.38. The lowest BCUT2D eigenvalue weighted by Gasteiger charge is -2.20. The first kappa shape index (κ1) is 11.0. The lowest BCUT2D eigenvalue weighted by molar-refractivity contribution is 0.101. The van der Waals surface area contributed by atoms with Gasteiger partial charge in [-0.15, -0.1) is 11.3 Å². The molecule has 3 rings (SSSR count). The number of hydrogen-bond donors (Lipinski definition) is 1. The molecular weight excluding hydrogens is 252 g/mol. The number of carbonyl (C=O) groups is 1. The summed E-state index contributed by atoms with van der Waals surface area (Å²) in [5, 5.41) is 5.09. The Labute approximate surface area is 107 Å². The molecule has 1 aromatic carbocycles. The van der Waals surface area contributed by atoms with Crippen molar-refractivity contribution in [1.82, 2.24) is 4.98 Å². The second-order valence-electron chi connectivity index (χ2n) is 3.62. The van der Waals surface area contributed by atoms with Gasteiger partial charge in [0.2, 0.25) is 0 Å². The van der Waals surface area contributed by atoms with Gasteiger partial charge >= 0.3 is 0 Å². The molecule has 0 saturated heterocycles. The molecule has 0 spiro atoms. The molecule has 5 nitrogen and oxygen atoms in total. The average molecular weight is 262 g/mol. The summed E-state index contributed by atoms with van der Waals surface area (Å²) in [5.74, 6) is 0.859. The molecule has 0 unspecified atom stereocenters. The van der Waals surface area contributed by atoms with Gasteiger partial charge in [0.25, 0.3) is 5.91 Å². The van der Waals surface area contributed by atoms with E-state index in [1.807, 2.05) is 0 Å². The third-order valence-corrected chi connectivity index (χ3v) is 3.15. The van der Waals surface area contributed by atoms with Gasteiger partial charge < -0.3 is 9.47 Å². The SMILES string of the molecule is O=C(Nc1nccs1)c1cccc2c1OCCO2. The third-order valence-electron chi connectivity index (χ3n) is 2.46. The van der Waals surface area contributed by atoms with Crippen molar-refractivity contribution in [2.24, 2.45) is 0 Å². The van der Waals surface area contributed by atoms with Crippen LogP contribution in [0.3, 0.4) is 0 Å². The Hall–Kier alpha value is -2.08. The minimum atomic E-state index is -0.243. The van der Waals surface area contributed by atoms with E-state index in [4.69, 9.17) is 9.47 Å². The molecule has 92 valence electrons. The summed E-state index contributed by atoms with van der Waals surface area (Å²) in [7, 11) is 0. The molecule has 1 N–H and O–H groups in total. The van der Waals surface area contributed by atoms with Crippen LogP contribution < -0.4 is 14.8 Å². The molecule has 0 saturated carbocycles. The summed E-state index contributed by atoms with van der Waals surface area (Å²) in [6, 6.07) is 5.26. The number of thiazole rings is 1. The number of nitrogens with zero attached hydrogens (tertiary/aromatic N) is 1. The van der Waals surface area contributed by atoms with Crippen molar-refractivity contribution in [2.45, 2.75) is 0 Å². The number of hydrogen-bond acceptors (Lipinski definition) is 5. The fraction of sp³-hybridized carbons (Fsp3) is 0.167. The number of fused-ring (bicyclic) bond motifs is 1. The summed E-state index contributed by atoms with van der Waals surface area (Å²) in [6.07, 6.45) is 1.64. The molecule has 1 amide bonds. The number of para-hydroxylation sites is 1. The first-order chi connectivity index (χ1) is 8.84. The van der Waals surface area contributed by atoms with Crippen LogP contribution in [0.15, 0.2) is 29.8 Å². The third kappa shape index (κ3) is 2.02. The van der Waals surface area contributed by atoms with Gasteiger partial charge in [0, 0.05) is 11.6 Å². The highest BCUT2D eigenvalue weighted by atomic mass is 32.1. The van der Waals surface area contributed by atoms with Gasteiger partial charge in [-0.3, -0.25) is 10.1 Å². The minimum Gasteiger partial charge on any atom is -0.486 e.